The Bertz CT molecular complexity index is 247. The molecule has 72 valence electrons. The summed E-state index contributed by atoms with van der Waals surface area (Å²) in [7, 11) is 0. The minimum absolute atomic E-state index is 0.273. The van der Waals surface area contributed by atoms with Crippen LogP contribution in [0.4, 0.5) is 0 Å². The van der Waals surface area contributed by atoms with Crippen LogP contribution < -0.4 is 5.32 Å². The molecule has 13 heavy (non-hydrogen) atoms. The Morgan fingerprint density at radius 3 is 2.46 bits per heavy atom. The molecule has 2 heteroatoms. The number of carbonyl (C=O) groups is 1. The second kappa shape index (κ2) is 2.10. The first kappa shape index (κ1) is 7.84. The van der Waals surface area contributed by atoms with Gasteiger partial charge >= 0.3 is 0 Å². The largest absolute Gasteiger partial charge is 0.350 e. The minimum Gasteiger partial charge on any atom is -0.350 e. The molecule has 0 atom stereocenters. The second-order valence-electron chi connectivity index (χ2n) is 5.43. The van der Waals surface area contributed by atoms with Crippen molar-refractivity contribution >= 4 is 5.91 Å². The lowest BCUT2D eigenvalue weighted by Crippen LogP contribution is -2.74. The molecule has 0 aromatic carbocycles. The number of hydrogen-bond donors (Lipinski definition) is 1. The van der Waals surface area contributed by atoms with Crippen molar-refractivity contribution < 1.29 is 4.79 Å². The van der Waals surface area contributed by atoms with Gasteiger partial charge in [0.2, 0.25) is 5.91 Å². The SMILES string of the molecule is CCC12CC(NC(=O)C3CC3)(C1)C2. The Morgan fingerprint density at radius 1 is 1.38 bits per heavy atom. The molecule has 0 saturated heterocycles. The van der Waals surface area contributed by atoms with Crippen LogP contribution in [0, 0.1) is 11.3 Å². The van der Waals surface area contributed by atoms with E-state index in [2.05, 4.69) is 12.2 Å². The molecule has 0 aromatic rings. The molecule has 0 unspecified atom stereocenters. The molecular formula is C11H17NO. The van der Waals surface area contributed by atoms with Crippen molar-refractivity contribution in [3.63, 3.8) is 0 Å². The fraction of sp³-hybridized carbons (Fsp3) is 0.909. The summed E-state index contributed by atoms with van der Waals surface area (Å²) in [6.07, 6.45) is 7.33. The molecule has 0 heterocycles. The van der Waals surface area contributed by atoms with Crippen molar-refractivity contribution in [2.75, 3.05) is 0 Å². The first-order chi connectivity index (χ1) is 6.17. The predicted octanol–water partition coefficient (Wildman–Crippen LogP) is 1.85. The molecule has 1 amide bonds. The van der Waals surface area contributed by atoms with Gasteiger partial charge < -0.3 is 5.32 Å². The van der Waals surface area contributed by atoms with Crippen LogP contribution in [0.2, 0.25) is 0 Å². The highest BCUT2D eigenvalue weighted by Crippen LogP contribution is 2.68. The Balaban J connectivity index is 1.56. The number of rotatable bonds is 3. The van der Waals surface area contributed by atoms with E-state index in [9.17, 15) is 4.79 Å². The van der Waals surface area contributed by atoms with Crippen molar-refractivity contribution in [2.45, 2.75) is 51.0 Å². The summed E-state index contributed by atoms with van der Waals surface area (Å²) >= 11 is 0. The monoisotopic (exact) mass is 179 g/mol. The molecule has 4 aliphatic rings. The standard InChI is InChI=1S/C11H17NO/c1-2-10-5-11(6-10,7-10)12-9(13)8-3-4-8/h8H,2-7H2,1H3,(H,12,13). The zero-order valence-electron chi connectivity index (χ0n) is 8.23. The first-order valence-corrected chi connectivity index (χ1v) is 5.49. The van der Waals surface area contributed by atoms with E-state index in [1.807, 2.05) is 0 Å². The van der Waals surface area contributed by atoms with Gasteiger partial charge in [0.25, 0.3) is 0 Å². The fourth-order valence-electron chi connectivity index (χ4n) is 3.21. The topological polar surface area (TPSA) is 29.1 Å². The Labute approximate surface area is 79.1 Å². The third-order valence-electron chi connectivity index (χ3n) is 4.23. The van der Waals surface area contributed by atoms with Crippen LogP contribution in [0.25, 0.3) is 0 Å². The number of amides is 1. The quantitative estimate of drug-likeness (QED) is 0.703. The van der Waals surface area contributed by atoms with Crippen molar-refractivity contribution in [1.82, 2.24) is 5.32 Å². The summed E-state index contributed by atoms with van der Waals surface area (Å²) in [5.41, 5.74) is 0.923. The molecule has 4 fully saturated rings. The van der Waals surface area contributed by atoms with Crippen LogP contribution in [-0.4, -0.2) is 11.4 Å². The van der Waals surface area contributed by atoms with Crippen LogP contribution in [0.15, 0.2) is 0 Å². The molecule has 1 N–H and O–H groups in total. The molecule has 4 saturated carbocycles. The predicted molar refractivity (Wildman–Crippen MR) is 50.2 cm³/mol. The molecule has 0 spiro atoms. The molecule has 0 aliphatic heterocycles. The first-order valence-electron chi connectivity index (χ1n) is 5.49. The van der Waals surface area contributed by atoms with E-state index in [1.54, 1.807) is 0 Å². The van der Waals surface area contributed by atoms with Crippen molar-refractivity contribution in [1.29, 1.82) is 0 Å². The lowest BCUT2D eigenvalue weighted by atomic mass is 9.38. The second-order valence-corrected chi connectivity index (χ2v) is 5.43. The van der Waals surface area contributed by atoms with E-state index >= 15 is 0 Å². The lowest BCUT2D eigenvalue weighted by molar-refractivity contribution is -0.167. The van der Waals surface area contributed by atoms with E-state index in [1.165, 1.54) is 25.7 Å². The van der Waals surface area contributed by atoms with Crippen molar-refractivity contribution in [3.05, 3.63) is 0 Å². The zero-order valence-corrected chi connectivity index (χ0v) is 8.23. The summed E-state index contributed by atoms with van der Waals surface area (Å²) < 4.78 is 0. The van der Waals surface area contributed by atoms with Crippen LogP contribution >= 0.6 is 0 Å². The Hall–Kier alpha value is -0.530. The van der Waals surface area contributed by atoms with Gasteiger partial charge in [-0.05, 0) is 37.5 Å². The molecule has 0 aromatic heterocycles. The molecule has 4 aliphatic carbocycles. The highest BCUT2D eigenvalue weighted by Gasteiger charge is 2.67. The van der Waals surface area contributed by atoms with Crippen LogP contribution in [-0.2, 0) is 4.79 Å². The molecule has 2 nitrogen and oxygen atoms in total. The van der Waals surface area contributed by atoms with Crippen LogP contribution in [0.1, 0.15) is 45.4 Å². The van der Waals surface area contributed by atoms with Gasteiger partial charge in [-0.15, -0.1) is 0 Å². The lowest BCUT2D eigenvalue weighted by Gasteiger charge is -2.71. The fourth-order valence-corrected chi connectivity index (χ4v) is 3.21. The van der Waals surface area contributed by atoms with Gasteiger partial charge in [0.05, 0.1) is 0 Å². The summed E-state index contributed by atoms with van der Waals surface area (Å²) in [6.45, 7) is 2.27. The maximum Gasteiger partial charge on any atom is 0.223 e. The molecule has 0 radical (unpaired) electrons. The van der Waals surface area contributed by atoms with Crippen LogP contribution in [0.5, 0.6) is 0 Å². The Kier molecular flexibility index (Phi) is 1.27. The normalized spacial score (nSPS) is 46.2. The highest BCUT2D eigenvalue weighted by atomic mass is 16.2. The highest BCUT2D eigenvalue weighted by molar-refractivity contribution is 5.82. The van der Waals surface area contributed by atoms with Gasteiger partial charge in [-0.25, -0.2) is 0 Å². The van der Waals surface area contributed by atoms with Gasteiger partial charge in [-0.2, -0.15) is 0 Å². The van der Waals surface area contributed by atoms with E-state index in [0.717, 1.165) is 12.8 Å². The Morgan fingerprint density at radius 2 is 2.00 bits per heavy atom. The summed E-state index contributed by atoms with van der Waals surface area (Å²) in [4.78, 5) is 11.5. The van der Waals surface area contributed by atoms with Gasteiger partial charge in [0, 0.05) is 11.5 Å². The maximum atomic E-state index is 11.5. The molecular weight excluding hydrogens is 162 g/mol. The molecule has 4 rings (SSSR count). The van der Waals surface area contributed by atoms with Gasteiger partial charge in [-0.1, -0.05) is 13.3 Å². The average Bonchev–Trinajstić information content (AvgIpc) is 2.74. The van der Waals surface area contributed by atoms with E-state index < -0.39 is 0 Å². The van der Waals surface area contributed by atoms with Crippen LogP contribution in [0.3, 0.4) is 0 Å². The number of carbonyl (C=O) groups excluding carboxylic acids is 1. The van der Waals surface area contributed by atoms with Gasteiger partial charge in [0.15, 0.2) is 0 Å². The summed E-state index contributed by atoms with van der Waals surface area (Å²) in [5, 5.41) is 3.24. The smallest absolute Gasteiger partial charge is 0.223 e. The summed E-state index contributed by atoms with van der Waals surface area (Å²) in [6, 6.07) is 0. The van der Waals surface area contributed by atoms with E-state index in [-0.39, 0.29) is 5.54 Å². The minimum atomic E-state index is 0.273. The zero-order chi connectivity index (χ0) is 9.10. The van der Waals surface area contributed by atoms with E-state index in [0.29, 0.717) is 17.2 Å². The number of nitrogens with one attached hydrogen (secondary N) is 1. The summed E-state index contributed by atoms with van der Waals surface area (Å²) in [5.74, 6) is 0.719. The van der Waals surface area contributed by atoms with Crippen molar-refractivity contribution in [2.24, 2.45) is 11.3 Å². The van der Waals surface area contributed by atoms with E-state index in [4.69, 9.17) is 0 Å². The maximum absolute atomic E-state index is 11.5. The number of hydrogen-bond acceptors (Lipinski definition) is 1. The van der Waals surface area contributed by atoms with Gasteiger partial charge in [0.1, 0.15) is 0 Å². The average molecular weight is 179 g/mol. The van der Waals surface area contributed by atoms with Crippen molar-refractivity contribution in [3.8, 4) is 0 Å². The third-order valence-corrected chi connectivity index (χ3v) is 4.23. The van der Waals surface area contributed by atoms with Gasteiger partial charge in [-0.3, -0.25) is 4.79 Å². The molecule has 2 bridgehead atoms. The third kappa shape index (κ3) is 0.976.